The molecule has 0 N–H and O–H groups in total. The lowest BCUT2D eigenvalue weighted by molar-refractivity contribution is 0.205. The van der Waals surface area contributed by atoms with E-state index >= 15 is 0 Å². The van der Waals surface area contributed by atoms with Gasteiger partial charge >= 0.3 is 0 Å². The van der Waals surface area contributed by atoms with E-state index in [0.717, 1.165) is 18.4 Å². The average Bonchev–Trinajstić information content (AvgIpc) is 2.62. The molecule has 0 aromatic rings. The third-order valence-corrected chi connectivity index (χ3v) is 5.93. The van der Waals surface area contributed by atoms with E-state index in [1.54, 1.807) is 0 Å². The molecule has 1 saturated heterocycles. The second-order valence-corrected chi connectivity index (χ2v) is 8.74. The lowest BCUT2D eigenvalue weighted by Gasteiger charge is -2.40. The Labute approximate surface area is 157 Å². The molecule has 1 aliphatic carbocycles. The van der Waals surface area contributed by atoms with Crippen molar-refractivity contribution in [1.82, 2.24) is 9.80 Å². The molecule has 25 heavy (non-hydrogen) atoms. The Kier molecular flexibility index (Phi) is 9.12. The number of rotatable bonds is 7. The van der Waals surface area contributed by atoms with E-state index in [9.17, 15) is 0 Å². The van der Waals surface area contributed by atoms with Crippen LogP contribution in [0.2, 0.25) is 0 Å². The van der Waals surface area contributed by atoms with Crippen molar-refractivity contribution in [3.05, 3.63) is 0 Å². The maximum atomic E-state index is 5.37. The first-order valence-corrected chi connectivity index (χ1v) is 11.2. The largest absolute Gasteiger partial charge is 0.343 e. The first-order chi connectivity index (χ1) is 12.1. The van der Waals surface area contributed by atoms with Crippen molar-refractivity contribution in [1.29, 1.82) is 0 Å². The summed E-state index contributed by atoms with van der Waals surface area (Å²) in [4.78, 5) is 10.6. The van der Waals surface area contributed by atoms with Gasteiger partial charge < -0.3 is 9.80 Å². The maximum Gasteiger partial charge on any atom is 0.196 e. The lowest BCUT2D eigenvalue weighted by Crippen LogP contribution is -2.49. The summed E-state index contributed by atoms with van der Waals surface area (Å²) >= 11 is 0. The Hall–Kier alpha value is -0.730. The quantitative estimate of drug-likeness (QED) is 0.443. The first kappa shape index (κ1) is 20.6. The second kappa shape index (κ2) is 11.1. The molecule has 2 fully saturated rings. The van der Waals surface area contributed by atoms with Crippen LogP contribution in [0, 0.1) is 11.8 Å². The van der Waals surface area contributed by atoms with Crippen LogP contribution in [0.3, 0.4) is 0 Å². The fourth-order valence-electron chi connectivity index (χ4n) is 4.59. The number of piperidine rings is 1. The first-order valence-electron chi connectivity index (χ1n) is 11.2. The van der Waals surface area contributed by atoms with Crippen LogP contribution in [0.5, 0.6) is 0 Å². The molecule has 0 spiro atoms. The number of aliphatic imine (C=N–C) groups is 1. The highest BCUT2D eigenvalue weighted by atomic mass is 15.4. The maximum absolute atomic E-state index is 5.37. The fraction of sp³-hybridized carbons (Fsp3) is 0.955. The fourth-order valence-corrected chi connectivity index (χ4v) is 4.59. The molecule has 1 aliphatic heterocycles. The number of hydrogen-bond acceptors (Lipinski definition) is 1. The van der Waals surface area contributed by atoms with E-state index < -0.39 is 0 Å². The molecule has 1 heterocycles. The molecular weight excluding hydrogens is 306 g/mol. The smallest absolute Gasteiger partial charge is 0.196 e. The van der Waals surface area contributed by atoms with Crippen molar-refractivity contribution in [3.8, 4) is 0 Å². The molecule has 1 unspecified atom stereocenters. The number of unbranched alkanes of at least 4 members (excludes halogenated alkanes) is 1. The van der Waals surface area contributed by atoms with Crippen molar-refractivity contribution in [2.75, 3.05) is 26.2 Å². The van der Waals surface area contributed by atoms with Crippen molar-refractivity contribution < 1.29 is 0 Å². The Morgan fingerprint density at radius 3 is 2.48 bits per heavy atom. The highest BCUT2D eigenvalue weighted by Crippen LogP contribution is 2.26. The zero-order valence-corrected chi connectivity index (χ0v) is 17.5. The Morgan fingerprint density at radius 2 is 1.84 bits per heavy atom. The predicted octanol–water partition coefficient (Wildman–Crippen LogP) is 5.56. The summed E-state index contributed by atoms with van der Waals surface area (Å²) in [5.41, 5.74) is 0. The topological polar surface area (TPSA) is 18.8 Å². The van der Waals surface area contributed by atoms with Crippen molar-refractivity contribution in [2.24, 2.45) is 16.8 Å². The summed E-state index contributed by atoms with van der Waals surface area (Å²) in [5.74, 6) is 3.01. The monoisotopic (exact) mass is 349 g/mol. The minimum Gasteiger partial charge on any atom is -0.343 e. The van der Waals surface area contributed by atoms with Crippen LogP contribution in [0.25, 0.3) is 0 Å². The van der Waals surface area contributed by atoms with Gasteiger partial charge in [-0.05, 0) is 57.3 Å². The molecule has 146 valence electrons. The third kappa shape index (κ3) is 6.83. The summed E-state index contributed by atoms with van der Waals surface area (Å²) in [6.45, 7) is 14.0. The van der Waals surface area contributed by atoms with E-state index in [0.29, 0.717) is 6.04 Å². The second-order valence-electron chi connectivity index (χ2n) is 8.74. The molecule has 0 radical (unpaired) electrons. The van der Waals surface area contributed by atoms with Crippen LogP contribution in [-0.4, -0.2) is 48.0 Å². The molecule has 2 rings (SSSR count). The lowest BCUT2D eigenvalue weighted by atomic mass is 9.90. The molecule has 0 amide bonds. The number of nitrogens with zero attached hydrogens (tertiary/aromatic N) is 3. The molecule has 0 aromatic carbocycles. The van der Waals surface area contributed by atoms with Crippen LogP contribution >= 0.6 is 0 Å². The van der Waals surface area contributed by atoms with Crippen LogP contribution < -0.4 is 0 Å². The van der Waals surface area contributed by atoms with Crippen LogP contribution in [0.4, 0.5) is 0 Å². The van der Waals surface area contributed by atoms with Gasteiger partial charge in [-0.1, -0.05) is 46.5 Å². The van der Waals surface area contributed by atoms with E-state index in [4.69, 9.17) is 4.99 Å². The van der Waals surface area contributed by atoms with Gasteiger partial charge in [0.15, 0.2) is 5.96 Å². The van der Waals surface area contributed by atoms with Gasteiger partial charge in [-0.3, -0.25) is 0 Å². The Morgan fingerprint density at radius 1 is 1.08 bits per heavy atom. The highest BCUT2D eigenvalue weighted by Gasteiger charge is 2.26. The van der Waals surface area contributed by atoms with Gasteiger partial charge in [-0.25, -0.2) is 4.99 Å². The summed E-state index contributed by atoms with van der Waals surface area (Å²) in [6.07, 6.45) is 13.4. The third-order valence-electron chi connectivity index (χ3n) is 5.93. The molecule has 3 nitrogen and oxygen atoms in total. The van der Waals surface area contributed by atoms with E-state index in [1.807, 2.05) is 0 Å². The standard InChI is InChI=1S/C22H43N3/c1-5-7-15-24(6-2)22(23-21-13-9-8-10-14-21)25-16-11-12-20(18-25)17-19(3)4/h19-21H,5-18H2,1-4H3. The molecule has 1 saturated carbocycles. The molecule has 1 atom stereocenters. The molecule has 0 aromatic heterocycles. The SMILES string of the molecule is CCCCN(CC)C(=NC1CCCCC1)N1CCCC(CC(C)C)C1. The van der Waals surface area contributed by atoms with Gasteiger partial charge in [-0.2, -0.15) is 0 Å². The number of likely N-dealkylation sites (tertiary alicyclic amines) is 1. The normalized spacial score (nSPS) is 23.3. The van der Waals surface area contributed by atoms with Crippen molar-refractivity contribution >= 4 is 5.96 Å². The van der Waals surface area contributed by atoms with Gasteiger partial charge in [0.2, 0.25) is 0 Å². The van der Waals surface area contributed by atoms with Gasteiger partial charge in [0.25, 0.3) is 0 Å². The summed E-state index contributed by atoms with van der Waals surface area (Å²) in [5, 5.41) is 0. The van der Waals surface area contributed by atoms with E-state index in [-0.39, 0.29) is 0 Å². The van der Waals surface area contributed by atoms with Crippen LogP contribution in [-0.2, 0) is 0 Å². The Bertz CT molecular complexity index is 385. The van der Waals surface area contributed by atoms with Crippen molar-refractivity contribution in [3.63, 3.8) is 0 Å². The van der Waals surface area contributed by atoms with Gasteiger partial charge in [-0.15, -0.1) is 0 Å². The zero-order chi connectivity index (χ0) is 18.1. The number of guanidine groups is 1. The van der Waals surface area contributed by atoms with E-state index in [1.165, 1.54) is 89.8 Å². The van der Waals surface area contributed by atoms with Crippen LogP contribution in [0.1, 0.15) is 91.9 Å². The minimum atomic E-state index is 0.574. The van der Waals surface area contributed by atoms with Gasteiger partial charge in [0.1, 0.15) is 0 Å². The molecular formula is C22H43N3. The summed E-state index contributed by atoms with van der Waals surface area (Å²) in [7, 11) is 0. The zero-order valence-electron chi connectivity index (χ0n) is 17.5. The van der Waals surface area contributed by atoms with Crippen LogP contribution in [0.15, 0.2) is 4.99 Å². The predicted molar refractivity (Wildman–Crippen MR) is 110 cm³/mol. The molecule has 0 bridgehead atoms. The highest BCUT2D eigenvalue weighted by molar-refractivity contribution is 5.80. The Balaban J connectivity index is 2.12. The van der Waals surface area contributed by atoms with Gasteiger partial charge in [0, 0.05) is 26.2 Å². The van der Waals surface area contributed by atoms with E-state index in [2.05, 4.69) is 37.5 Å². The van der Waals surface area contributed by atoms with Gasteiger partial charge in [0.05, 0.1) is 6.04 Å². The molecule has 2 aliphatic rings. The minimum absolute atomic E-state index is 0.574. The summed E-state index contributed by atoms with van der Waals surface area (Å²) in [6, 6.07) is 0.574. The number of hydrogen-bond donors (Lipinski definition) is 0. The summed E-state index contributed by atoms with van der Waals surface area (Å²) < 4.78 is 0. The van der Waals surface area contributed by atoms with Crippen molar-refractivity contribution in [2.45, 2.75) is 97.9 Å². The average molecular weight is 350 g/mol. The molecule has 3 heteroatoms.